The van der Waals surface area contributed by atoms with Crippen LogP contribution in [0.5, 0.6) is 0 Å². The molecule has 0 saturated carbocycles. The van der Waals surface area contributed by atoms with Crippen LogP contribution in [-0.2, 0) is 16.4 Å². The molecule has 1 amide bonds. The summed E-state index contributed by atoms with van der Waals surface area (Å²) < 4.78 is 27.0. The molecule has 0 aliphatic carbocycles. The molecule has 1 aliphatic rings. The van der Waals surface area contributed by atoms with Crippen LogP contribution >= 0.6 is 11.6 Å². The van der Waals surface area contributed by atoms with Crippen LogP contribution in [0.4, 0.5) is 0 Å². The Morgan fingerprint density at radius 2 is 1.82 bits per heavy atom. The molecule has 1 N–H and O–H groups in total. The van der Waals surface area contributed by atoms with E-state index in [1.165, 1.54) is 16.4 Å². The summed E-state index contributed by atoms with van der Waals surface area (Å²) in [6, 6.07) is 13.7. The van der Waals surface area contributed by atoms with Gasteiger partial charge in [-0.15, -0.1) is 0 Å². The van der Waals surface area contributed by atoms with E-state index in [0.717, 1.165) is 18.4 Å². The Hall–Kier alpha value is -1.89. The van der Waals surface area contributed by atoms with Gasteiger partial charge < -0.3 is 5.32 Å². The van der Waals surface area contributed by atoms with Crippen LogP contribution in [0.25, 0.3) is 0 Å². The van der Waals surface area contributed by atoms with Crippen molar-refractivity contribution in [2.75, 3.05) is 19.6 Å². The molecule has 150 valence electrons. The summed E-state index contributed by atoms with van der Waals surface area (Å²) in [7, 11) is -3.50. The highest BCUT2D eigenvalue weighted by molar-refractivity contribution is 7.89. The molecule has 2 aromatic carbocycles. The largest absolute Gasteiger partial charge is 0.352 e. The van der Waals surface area contributed by atoms with E-state index in [1.807, 2.05) is 24.3 Å². The number of nitrogens with zero attached hydrogens (tertiary/aromatic N) is 1. The number of amides is 1. The van der Waals surface area contributed by atoms with Gasteiger partial charge in [-0.1, -0.05) is 30.7 Å². The van der Waals surface area contributed by atoms with Gasteiger partial charge in [0.15, 0.2) is 0 Å². The Morgan fingerprint density at radius 1 is 1.14 bits per heavy atom. The van der Waals surface area contributed by atoms with Crippen molar-refractivity contribution >= 4 is 27.5 Å². The maximum absolute atomic E-state index is 12.7. The smallest absolute Gasteiger partial charge is 0.251 e. The number of piperidine rings is 1. The summed E-state index contributed by atoms with van der Waals surface area (Å²) in [5.74, 6) is 0.335. The molecule has 0 radical (unpaired) electrons. The minimum Gasteiger partial charge on any atom is -0.352 e. The average molecular weight is 421 g/mol. The number of rotatable bonds is 6. The highest BCUT2D eigenvalue weighted by atomic mass is 35.5. The lowest BCUT2D eigenvalue weighted by Gasteiger charge is -2.29. The quantitative estimate of drug-likeness (QED) is 0.774. The summed E-state index contributed by atoms with van der Waals surface area (Å²) in [6.07, 6.45) is 2.44. The predicted octanol–water partition coefficient (Wildman–Crippen LogP) is 3.73. The summed E-state index contributed by atoms with van der Waals surface area (Å²) >= 11 is 5.96. The molecule has 0 bridgehead atoms. The van der Waals surface area contributed by atoms with E-state index in [-0.39, 0.29) is 10.8 Å². The van der Waals surface area contributed by atoms with Crippen molar-refractivity contribution < 1.29 is 13.2 Å². The van der Waals surface area contributed by atoms with Gasteiger partial charge in [-0.2, -0.15) is 4.31 Å². The second-order valence-electron chi connectivity index (χ2n) is 7.25. The number of benzene rings is 2. The van der Waals surface area contributed by atoms with Gasteiger partial charge in [0.25, 0.3) is 5.91 Å². The lowest BCUT2D eigenvalue weighted by Crippen LogP contribution is -2.37. The number of halogens is 1. The van der Waals surface area contributed by atoms with Gasteiger partial charge in [-0.05, 0) is 67.1 Å². The van der Waals surface area contributed by atoms with Crippen LogP contribution in [0.15, 0.2) is 53.4 Å². The first-order valence-electron chi connectivity index (χ1n) is 9.49. The Kier molecular flexibility index (Phi) is 6.75. The second-order valence-corrected chi connectivity index (χ2v) is 9.62. The summed E-state index contributed by atoms with van der Waals surface area (Å²) in [6.45, 7) is 3.72. The molecule has 1 saturated heterocycles. The second kappa shape index (κ2) is 9.07. The van der Waals surface area contributed by atoms with Gasteiger partial charge in [0, 0.05) is 30.2 Å². The molecule has 3 rings (SSSR count). The first-order valence-corrected chi connectivity index (χ1v) is 11.3. The standard InChI is InChI=1S/C21H25ClN2O3S/c1-16-10-13-24(14-11-16)28(26,27)20-7-5-18(6-8-20)21(25)23-12-9-17-3-2-4-19(22)15-17/h2-8,15-16H,9-14H2,1H3,(H,23,25). The van der Waals surface area contributed by atoms with Crippen molar-refractivity contribution in [1.29, 1.82) is 0 Å². The number of sulfonamides is 1. The van der Waals surface area contributed by atoms with Crippen LogP contribution in [0.2, 0.25) is 5.02 Å². The Morgan fingerprint density at radius 3 is 2.46 bits per heavy atom. The molecule has 0 atom stereocenters. The lowest BCUT2D eigenvalue weighted by atomic mass is 10.0. The molecule has 1 aliphatic heterocycles. The topological polar surface area (TPSA) is 66.5 Å². The third-order valence-electron chi connectivity index (χ3n) is 5.09. The molecule has 7 heteroatoms. The zero-order valence-electron chi connectivity index (χ0n) is 15.9. The van der Waals surface area contributed by atoms with Crippen molar-refractivity contribution in [3.05, 3.63) is 64.7 Å². The van der Waals surface area contributed by atoms with Crippen molar-refractivity contribution in [3.8, 4) is 0 Å². The van der Waals surface area contributed by atoms with E-state index in [1.54, 1.807) is 12.1 Å². The first-order chi connectivity index (χ1) is 13.4. The molecule has 2 aromatic rings. The van der Waals surface area contributed by atoms with Gasteiger partial charge in [-0.25, -0.2) is 8.42 Å². The summed E-state index contributed by atoms with van der Waals surface area (Å²) in [5, 5.41) is 3.52. The van der Waals surface area contributed by atoms with Crippen molar-refractivity contribution in [1.82, 2.24) is 9.62 Å². The van der Waals surface area contributed by atoms with Gasteiger partial charge in [0.2, 0.25) is 10.0 Å². The van der Waals surface area contributed by atoms with Crippen LogP contribution in [0.3, 0.4) is 0 Å². The van der Waals surface area contributed by atoms with Gasteiger partial charge >= 0.3 is 0 Å². The number of carbonyl (C=O) groups excluding carboxylic acids is 1. The minimum absolute atomic E-state index is 0.224. The maximum atomic E-state index is 12.7. The SMILES string of the molecule is CC1CCN(S(=O)(=O)c2ccc(C(=O)NCCc3cccc(Cl)c3)cc2)CC1. The molecule has 28 heavy (non-hydrogen) atoms. The van der Waals surface area contributed by atoms with Crippen LogP contribution in [-0.4, -0.2) is 38.3 Å². The third-order valence-corrected chi connectivity index (χ3v) is 7.23. The summed E-state index contributed by atoms with van der Waals surface area (Å²) in [4.78, 5) is 12.5. The monoisotopic (exact) mass is 420 g/mol. The first kappa shape index (κ1) is 20.8. The Bertz CT molecular complexity index is 921. The number of hydrogen-bond acceptors (Lipinski definition) is 3. The predicted molar refractivity (Wildman–Crippen MR) is 111 cm³/mol. The molecule has 0 spiro atoms. The lowest BCUT2D eigenvalue weighted by molar-refractivity contribution is 0.0954. The zero-order chi connectivity index (χ0) is 20.1. The highest BCUT2D eigenvalue weighted by Gasteiger charge is 2.28. The Balaban J connectivity index is 1.58. The Labute approximate surface area is 171 Å². The fourth-order valence-electron chi connectivity index (χ4n) is 3.27. The molecular formula is C21H25ClN2O3S. The fraction of sp³-hybridized carbons (Fsp3) is 0.381. The van der Waals surface area contributed by atoms with Crippen LogP contribution in [0.1, 0.15) is 35.7 Å². The minimum atomic E-state index is -3.50. The van der Waals surface area contributed by atoms with E-state index in [2.05, 4.69) is 12.2 Å². The van der Waals surface area contributed by atoms with Crippen molar-refractivity contribution in [2.45, 2.75) is 31.1 Å². The van der Waals surface area contributed by atoms with Crippen molar-refractivity contribution in [3.63, 3.8) is 0 Å². The van der Waals surface area contributed by atoms with Gasteiger partial charge in [-0.3, -0.25) is 4.79 Å². The zero-order valence-corrected chi connectivity index (χ0v) is 17.5. The average Bonchev–Trinajstić information content (AvgIpc) is 2.68. The molecule has 1 heterocycles. The number of nitrogens with one attached hydrogen (secondary N) is 1. The fourth-order valence-corrected chi connectivity index (χ4v) is 4.95. The number of carbonyl (C=O) groups is 1. The molecule has 0 unspecified atom stereocenters. The summed E-state index contributed by atoms with van der Waals surface area (Å²) in [5.41, 5.74) is 1.49. The molecular weight excluding hydrogens is 396 g/mol. The van der Waals surface area contributed by atoms with Gasteiger partial charge in [0.1, 0.15) is 0 Å². The van der Waals surface area contributed by atoms with Crippen LogP contribution < -0.4 is 5.32 Å². The maximum Gasteiger partial charge on any atom is 0.251 e. The molecule has 0 aromatic heterocycles. The van der Waals surface area contributed by atoms with E-state index in [0.29, 0.717) is 42.6 Å². The van der Waals surface area contributed by atoms with Crippen LogP contribution in [0, 0.1) is 5.92 Å². The van der Waals surface area contributed by atoms with E-state index in [9.17, 15) is 13.2 Å². The third kappa shape index (κ3) is 5.13. The van der Waals surface area contributed by atoms with Crippen molar-refractivity contribution in [2.24, 2.45) is 5.92 Å². The molecule has 5 nitrogen and oxygen atoms in total. The normalized spacial score (nSPS) is 16.1. The van der Waals surface area contributed by atoms with E-state index in [4.69, 9.17) is 11.6 Å². The number of hydrogen-bond donors (Lipinski definition) is 1. The van der Waals surface area contributed by atoms with Gasteiger partial charge in [0.05, 0.1) is 4.90 Å². The van der Waals surface area contributed by atoms with E-state index >= 15 is 0 Å². The highest BCUT2D eigenvalue weighted by Crippen LogP contribution is 2.23. The molecule has 1 fully saturated rings. The van der Waals surface area contributed by atoms with E-state index < -0.39 is 10.0 Å².